The Morgan fingerprint density at radius 1 is 1.24 bits per heavy atom. The largest absolute Gasteiger partial charge is 0.330 e. The van der Waals surface area contributed by atoms with Gasteiger partial charge >= 0.3 is 0 Å². The summed E-state index contributed by atoms with van der Waals surface area (Å²) in [5.41, 5.74) is 6.39. The molecule has 0 spiro atoms. The smallest absolute Gasteiger partial charge is 0.226 e. The third-order valence-corrected chi connectivity index (χ3v) is 3.96. The van der Waals surface area contributed by atoms with Gasteiger partial charge in [0.25, 0.3) is 0 Å². The van der Waals surface area contributed by atoms with Gasteiger partial charge in [0.1, 0.15) is 5.82 Å². The van der Waals surface area contributed by atoms with Gasteiger partial charge in [0.05, 0.1) is 0 Å². The molecule has 0 aliphatic heterocycles. The van der Waals surface area contributed by atoms with Gasteiger partial charge < -0.3 is 10.6 Å². The number of hydrogen-bond acceptors (Lipinski definition) is 2. The first-order chi connectivity index (χ1) is 9.99. The van der Waals surface area contributed by atoms with Crippen molar-refractivity contribution in [3.63, 3.8) is 0 Å². The highest BCUT2D eigenvalue weighted by atomic mass is 19.1. The van der Waals surface area contributed by atoms with Crippen molar-refractivity contribution in [3.05, 3.63) is 30.1 Å². The van der Waals surface area contributed by atoms with E-state index in [0.717, 1.165) is 18.5 Å². The van der Waals surface area contributed by atoms with Crippen molar-refractivity contribution in [3.8, 4) is 0 Å². The summed E-state index contributed by atoms with van der Waals surface area (Å²) in [6.07, 6.45) is 2.31. The van der Waals surface area contributed by atoms with E-state index in [-0.39, 0.29) is 11.7 Å². The van der Waals surface area contributed by atoms with Crippen molar-refractivity contribution in [1.82, 2.24) is 0 Å². The van der Waals surface area contributed by atoms with E-state index in [0.29, 0.717) is 31.3 Å². The molecule has 0 bridgehead atoms. The maximum Gasteiger partial charge on any atom is 0.226 e. The van der Waals surface area contributed by atoms with Crippen LogP contribution in [0, 0.1) is 17.7 Å². The molecule has 1 unspecified atom stereocenters. The first-order valence-electron chi connectivity index (χ1n) is 7.75. The van der Waals surface area contributed by atoms with Crippen LogP contribution in [0.25, 0.3) is 0 Å². The summed E-state index contributed by atoms with van der Waals surface area (Å²) in [5, 5.41) is 0. The molecule has 1 aromatic rings. The Labute approximate surface area is 127 Å². The van der Waals surface area contributed by atoms with Gasteiger partial charge in [0.15, 0.2) is 0 Å². The van der Waals surface area contributed by atoms with Crippen LogP contribution >= 0.6 is 0 Å². The van der Waals surface area contributed by atoms with Crippen LogP contribution < -0.4 is 10.6 Å². The Bertz CT molecular complexity index is 431. The average molecular weight is 294 g/mol. The molecule has 1 rings (SSSR count). The van der Waals surface area contributed by atoms with Gasteiger partial charge in [-0.25, -0.2) is 4.39 Å². The maximum atomic E-state index is 13.0. The van der Waals surface area contributed by atoms with Gasteiger partial charge in [0, 0.05) is 18.7 Å². The molecule has 0 radical (unpaired) electrons. The summed E-state index contributed by atoms with van der Waals surface area (Å²) in [4.78, 5) is 14.1. The van der Waals surface area contributed by atoms with Crippen LogP contribution in [-0.4, -0.2) is 19.0 Å². The minimum absolute atomic E-state index is 0.0896. The van der Waals surface area contributed by atoms with Gasteiger partial charge in [-0.3, -0.25) is 4.79 Å². The van der Waals surface area contributed by atoms with Crippen LogP contribution in [0.15, 0.2) is 24.3 Å². The Morgan fingerprint density at radius 2 is 1.86 bits per heavy atom. The predicted octanol–water partition coefficient (Wildman–Crippen LogP) is 3.58. The van der Waals surface area contributed by atoms with E-state index in [4.69, 9.17) is 5.73 Å². The average Bonchev–Trinajstić information content (AvgIpc) is 2.46. The van der Waals surface area contributed by atoms with Crippen molar-refractivity contribution < 1.29 is 9.18 Å². The van der Waals surface area contributed by atoms with E-state index >= 15 is 0 Å². The van der Waals surface area contributed by atoms with E-state index in [1.165, 1.54) is 12.1 Å². The van der Waals surface area contributed by atoms with Crippen molar-refractivity contribution >= 4 is 11.6 Å². The zero-order valence-corrected chi connectivity index (χ0v) is 13.3. The number of anilines is 1. The fourth-order valence-corrected chi connectivity index (χ4v) is 2.59. The molecule has 0 fully saturated rings. The number of rotatable bonds is 8. The highest BCUT2D eigenvalue weighted by molar-refractivity contribution is 5.93. The molecule has 4 heteroatoms. The zero-order valence-electron chi connectivity index (χ0n) is 13.3. The molecule has 1 atom stereocenters. The summed E-state index contributed by atoms with van der Waals surface area (Å²) in [6, 6.07) is 6.07. The lowest BCUT2D eigenvalue weighted by Crippen LogP contribution is -2.31. The van der Waals surface area contributed by atoms with Gasteiger partial charge in [0.2, 0.25) is 5.91 Å². The normalized spacial score (nSPS) is 12.5. The van der Waals surface area contributed by atoms with Crippen molar-refractivity contribution in [1.29, 1.82) is 0 Å². The molecule has 0 saturated heterocycles. The SMILES string of the molecule is CCN(C(=O)CCC(CCN)C(C)C)c1ccc(F)cc1. The van der Waals surface area contributed by atoms with Gasteiger partial charge in [-0.05, 0) is 62.4 Å². The summed E-state index contributed by atoms with van der Waals surface area (Å²) < 4.78 is 13.0. The fourth-order valence-electron chi connectivity index (χ4n) is 2.59. The Hall–Kier alpha value is -1.42. The van der Waals surface area contributed by atoms with Crippen LogP contribution in [-0.2, 0) is 4.79 Å². The van der Waals surface area contributed by atoms with E-state index in [2.05, 4.69) is 13.8 Å². The molecule has 3 nitrogen and oxygen atoms in total. The Balaban J connectivity index is 2.65. The molecule has 1 aromatic carbocycles. The van der Waals surface area contributed by atoms with Crippen LogP contribution in [0.2, 0.25) is 0 Å². The number of carbonyl (C=O) groups is 1. The van der Waals surface area contributed by atoms with Crippen molar-refractivity contribution in [2.45, 2.75) is 40.0 Å². The number of benzene rings is 1. The lowest BCUT2D eigenvalue weighted by atomic mass is 9.88. The highest BCUT2D eigenvalue weighted by Gasteiger charge is 2.18. The number of nitrogens with two attached hydrogens (primary N) is 1. The van der Waals surface area contributed by atoms with Crippen LogP contribution in [0.4, 0.5) is 10.1 Å². The van der Waals surface area contributed by atoms with E-state index < -0.39 is 0 Å². The summed E-state index contributed by atoms with van der Waals surface area (Å²) in [7, 11) is 0. The zero-order chi connectivity index (χ0) is 15.8. The number of carbonyl (C=O) groups excluding carboxylic acids is 1. The number of nitrogens with zero attached hydrogens (tertiary/aromatic N) is 1. The fraction of sp³-hybridized carbons (Fsp3) is 0.588. The highest BCUT2D eigenvalue weighted by Crippen LogP contribution is 2.22. The second kappa shape index (κ2) is 8.78. The van der Waals surface area contributed by atoms with Gasteiger partial charge in [-0.1, -0.05) is 13.8 Å². The summed E-state index contributed by atoms with van der Waals surface area (Å²) in [5.74, 6) is 0.810. The summed E-state index contributed by atoms with van der Waals surface area (Å²) >= 11 is 0. The minimum Gasteiger partial charge on any atom is -0.330 e. The standard InChI is InChI=1S/C17H27FN2O/c1-4-20(16-8-6-15(18)7-9-16)17(21)10-5-14(11-12-19)13(2)3/h6-9,13-14H,4-5,10-12,19H2,1-3H3. The molecule has 21 heavy (non-hydrogen) atoms. The van der Waals surface area contributed by atoms with Crippen molar-refractivity contribution in [2.75, 3.05) is 18.0 Å². The summed E-state index contributed by atoms with van der Waals surface area (Å²) in [6.45, 7) is 7.52. The lowest BCUT2D eigenvalue weighted by molar-refractivity contribution is -0.118. The van der Waals surface area contributed by atoms with E-state index in [1.807, 2.05) is 6.92 Å². The lowest BCUT2D eigenvalue weighted by Gasteiger charge is -2.24. The van der Waals surface area contributed by atoms with Crippen LogP contribution in [0.5, 0.6) is 0 Å². The van der Waals surface area contributed by atoms with Gasteiger partial charge in [-0.2, -0.15) is 0 Å². The molecule has 2 N–H and O–H groups in total. The first-order valence-corrected chi connectivity index (χ1v) is 7.75. The molecule has 0 aliphatic carbocycles. The van der Waals surface area contributed by atoms with Crippen LogP contribution in [0.1, 0.15) is 40.0 Å². The van der Waals surface area contributed by atoms with E-state index in [9.17, 15) is 9.18 Å². The first kappa shape index (κ1) is 17.6. The molecule has 118 valence electrons. The van der Waals surface area contributed by atoms with Crippen molar-refractivity contribution in [2.24, 2.45) is 17.6 Å². The molecule has 0 saturated carbocycles. The Morgan fingerprint density at radius 3 is 2.33 bits per heavy atom. The number of amides is 1. The van der Waals surface area contributed by atoms with Gasteiger partial charge in [-0.15, -0.1) is 0 Å². The second-order valence-electron chi connectivity index (χ2n) is 5.73. The molecule has 0 aliphatic rings. The predicted molar refractivity (Wildman–Crippen MR) is 85.7 cm³/mol. The Kier molecular flexibility index (Phi) is 7.37. The molecule has 0 aromatic heterocycles. The third-order valence-electron chi connectivity index (χ3n) is 3.96. The monoisotopic (exact) mass is 294 g/mol. The third kappa shape index (κ3) is 5.46. The second-order valence-corrected chi connectivity index (χ2v) is 5.73. The number of halogens is 1. The van der Waals surface area contributed by atoms with E-state index in [1.54, 1.807) is 17.0 Å². The van der Waals surface area contributed by atoms with Crippen LogP contribution in [0.3, 0.4) is 0 Å². The molecular formula is C17H27FN2O. The maximum absolute atomic E-state index is 13.0. The molecule has 1 amide bonds. The topological polar surface area (TPSA) is 46.3 Å². The minimum atomic E-state index is -0.287. The number of hydrogen-bond donors (Lipinski definition) is 1. The molecule has 0 heterocycles. The molecular weight excluding hydrogens is 267 g/mol. The quantitative estimate of drug-likeness (QED) is 0.796.